The van der Waals surface area contributed by atoms with Crippen LogP contribution in [-0.2, 0) is 4.79 Å². The molecule has 0 saturated carbocycles. The molecule has 8 nitrogen and oxygen atoms in total. The summed E-state index contributed by atoms with van der Waals surface area (Å²) < 4.78 is 0. The van der Waals surface area contributed by atoms with Gasteiger partial charge in [0, 0.05) is 57.4 Å². The maximum atomic E-state index is 12.7. The molecular formula is C24H31N3O5. The van der Waals surface area contributed by atoms with Crippen molar-refractivity contribution in [3.63, 3.8) is 0 Å². The van der Waals surface area contributed by atoms with Crippen molar-refractivity contribution in [3.8, 4) is 11.1 Å². The molecular weight excluding hydrogens is 410 g/mol. The molecule has 2 saturated heterocycles. The lowest BCUT2D eigenvalue weighted by atomic mass is 10.0. The number of nitrogens with one attached hydrogen (secondary N) is 1. The van der Waals surface area contributed by atoms with Gasteiger partial charge in [-0.05, 0) is 41.8 Å². The highest BCUT2D eigenvalue weighted by Crippen LogP contribution is 2.26. The molecule has 8 heteroatoms. The molecule has 0 aliphatic carbocycles. The van der Waals surface area contributed by atoms with Crippen molar-refractivity contribution in [2.45, 2.75) is 25.6 Å². The highest BCUT2D eigenvalue weighted by atomic mass is 16.4. The van der Waals surface area contributed by atoms with Gasteiger partial charge in [-0.25, -0.2) is 0 Å². The van der Waals surface area contributed by atoms with Crippen LogP contribution in [0.4, 0.5) is 5.69 Å². The topological polar surface area (TPSA) is 113 Å². The molecule has 0 aromatic heterocycles. The van der Waals surface area contributed by atoms with E-state index in [1.54, 1.807) is 4.90 Å². The summed E-state index contributed by atoms with van der Waals surface area (Å²) in [5.41, 5.74) is 4.03. The van der Waals surface area contributed by atoms with Gasteiger partial charge >= 0.3 is 0 Å². The number of likely N-dealkylation sites (tertiary alicyclic amines) is 1. The van der Waals surface area contributed by atoms with E-state index in [-0.39, 0.29) is 12.5 Å². The fraction of sp³-hybridized carbons (Fsp3) is 0.417. The fourth-order valence-corrected chi connectivity index (χ4v) is 3.90. The van der Waals surface area contributed by atoms with Crippen molar-refractivity contribution >= 4 is 17.6 Å². The van der Waals surface area contributed by atoms with Crippen LogP contribution in [0.5, 0.6) is 0 Å². The molecule has 4 N–H and O–H groups in total. The van der Waals surface area contributed by atoms with Crippen LogP contribution in [0, 0.1) is 0 Å². The molecule has 2 aliphatic heterocycles. The average molecular weight is 442 g/mol. The first-order chi connectivity index (χ1) is 15.3. The van der Waals surface area contributed by atoms with Crippen molar-refractivity contribution in [2.75, 3.05) is 44.2 Å². The fourth-order valence-electron chi connectivity index (χ4n) is 3.90. The molecule has 2 heterocycles. The number of carbonyl (C=O) groups is 2. The number of hydrogen-bond acceptors (Lipinski definition) is 6. The maximum absolute atomic E-state index is 12.7. The Hall–Kier alpha value is -2.94. The monoisotopic (exact) mass is 441 g/mol. The number of carbonyl (C=O) groups excluding carboxylic acids is 1. The Kier molecular flexibility index (Phi) is 8.21. The molecule has 1 amide bonds. The molecule has 2 aliphatic rings. The minimum Gasteiger partial charge on any atom is -0.481 e. The Bertz CT molecular complexity index is 908. The number of piperazine rings is 1. The molecule has 2 aromatic carbocycles. The first-order valence-corrected chi connectivity index (χ1v) is 10.9. The van der Waals surface area contributed by atoms with E-state index < -0.39 is 18.2 Å². The number of amides is 1. The maximum Gasteiger partial charge on any atom is 0.300 e. The number of carboxylic acid groups (broad SMARTS) is 1. The Morgan fingerprint density at radius 3 is 2.22 bits per heavy atom. The summed E-state index contributed by atoms with van der Waals surface area (Å²) in [6, 6.07) is 16.1. The molecule has 32 heavy (non-hydrogen) atoms. The van der Waals surface area contributed by atoms with E-state index in [0.717, 1.165) is 44.2 Å². The smallest absolute Gasteiger partial charge is 0.300 e. The van der Waals surface area contributed by atoms with Gasteiger partial charge in [-0.15, -0.1) is 0 Å². The highest BCUT2D eigenvalue weighted by Gasteiger charge is 2.29. The molecule has 0 unspecified atom stereocenters. The van der Waals surface area contributed by atoms with E-state index in [1.807, 2.05) is 24.3 Å². The Balaban J connectivity index is 0.000000668. The molecule has 2 fully saturated rings. The number of rotatable bonds is 3. The van der Waals surface area contributed by atoms with Gasteiger partial charge in [0.05, 0.1) is 12.2 Å². The number of hydrogen-bond donors (Lipinski definition) is 4. The molecule has 172 valence electrons. The normalized spacial score (nSPS) is 20.8. The SMILES string of the molecule is CC(=O)O.O=C(c1ccc(-c2cccc(N3CCNCC3)c2)cc1)N1CC[C@H](O)[C@@H](O)C1. The van der Waals surface area contributed by atoms with Gasteiger partial charge in [-0.2, -0.15) is 0 Å². The third-order valence-corrected chi connectivity index (χ3v) is 5.63. The van der Waals surface area contributed by atoms with E-state index in [0.29, 0.717) is 18.5 Å². The van der Waals surface area contributed by atoms with Crippen molar-refractivity contribution < 1.29 is 24.9 Å². The summed E-state index contributed by atoms with van der Waals surface area (Å²) in [4.78, 5) is 25.7. The number of aliphatic carboxylic acids is 1. The van der Waals surface area contributed by atoms with Crippen LogP contribution in [0.15, 0.2) is 48.5 Å². The van der Waals surface area contributed by atoms with E-state index >= 15 is 0 Å². The van der Waals surface area contributed by atoms with Crippen molar-refractivity contribution in [2.24, 2.45) is 0 Å². The molecule has 0 bridgehead atoms. The molecule has 2 atom stereocenters. The second-order valence-corrected chi connectivity index (χ2v) is 8.06. The van der Waals surface area contributed by atoms with E-state index in [9.17, 15) is 15.0 Å². The summed E-state index contributed by atoms with van der Waals surface area (Å²) >= 11 is 0. The highest BCUT2D eigenvalue weighted by molar-refractivity contribution is 5.94. The quantitative estimate of drug-likeness (QED) is 0.570. The standard InChI is InChI=1S/C22H27N3O3.C2H4O2/c26-20-8-11-25(15-21(20)27)22(28)17-6-4-16(5-7-17)18-2-1-3-19(14-18)24-12-9-23-10-13-24;1-2(3)4/h1-7,14,20-21,23,26-27H,8-13,15H2;1H3,(H,3,4)/t20-,21-;/m0./s1. The second kappa shape index (κ2) is 11.1. The van der Waals surface area contributed by atoms with E-state index in [1.165, 1.54) is 5.69 Å². The summed E-state index contributed by atoms with van der Waals surface area (Å²) in [7, 11) is 0. The minimum atomic E-state index is -0.871. The van der Waals surface area contributed by atoms with Gasteiger partial charge < -0.3 is 30.4 Å². The number of aliphatic hydroxyl groups is 2. The van der Waals surface area contributed by atoms with E-state index in [2.05, 4.69) is 34.5 Å². The molecule has 0 spiro atoms. The van der Waals surface area contributed by atoms with Gasteiger partial charge in [0.25, 0.3) is 11.9 Å². The van der Waals surface area contributed by atoms with Crippen molar-refractivity contribution in [1.82, 2.24) is 10.2 Å². The lowest BCUT2D eigenvalue weighted by molar-refractivity contribution is -0.134. The average Bonchev–Trinajstić information content (AvgIpc) is 2.81. The van der Waals surface area contributed by atoms with Gasteiger partial charge in [0.2, 0.25) is 0 Å². The predicted octanol–water partition coefficient (Wildman–Crippen LogP) is 1.42. The lowest BCUT2D eigenvalue weighted by Gasteiger charge is -2.33. The number of nitrogens with zero attached hydrogens (tertiary/aromatic N) is 2. The zero-order chi connectivity index (χ0) is 23.1. The zero-order valence-corrected chi connectivity index (χ0v) is 18.3. The summed E-state index contributed by atoms with van der Waals surface area (Å²) in [6.07, 6.45) is -1.21. The van der Waals surface area contributed by atoms with Gasteiger partial charge in [0.15, 0.2) is 0 Å². The second-order valence-electron chi connectivity index (χ2n) is 8.06. The van der Waals surface area contributed by atoms with Gasteiger partial charge in [-0.1, -0.05) is 24.3 Å². The van der Waals surface area contributed by atoms with Crippen molar-refractivity contribution in [1.29, 1.82) is 0 Å². The summed E-state index contributed by atoms with van der Waals surface area (Å²) in [6.45, 7) is 5.74. The van der Waals surface area contributed by atoms with Crippen LogP contribution < -0.4 is 10.2 Å². The predicted molar refractivity (Wildman–Crippen MR) is 123 cm³/mol. The van der Waals surface area contributed by atoms with Crippen molar-refractivity contribution in [3.05, 3.63) is 54.1 Å². The zero-order valence-electron chi connectivity index (χ0n) is 18.3. The van der Waals surface area contributed by atoms with Crippen LogP contribution in [0.25, 0.3) is 11.1 Å². The van der Waals surface area contributed by atoms with Gasteiger partial charge in [-0.3, -0.25) is 9.59 Å². The Morgan fingerprint density at radius 2 is 1.59 bits per heavy atom. The third kappa shape index (κ3) is 6.29. The third-order valence-electron chi connectivity index (χ3n) is 5.63. The molecule has 0 radical (unpaired) electrons. The number of benzene rings is 2. The van der Waals surface area contributed by atoms with Crippen LogP contribution in [0.2, 0.25) is 0 Å². The van der Waals surface area contributed by atoms with Crippen LogP contribution in [0.1, 0.15) is 23.7 Å². The Labute approximate surface area is 188 Å². The number of β-amino-alcohol motifs (C(OH)–C–C–N with tert-alkyl or cyclic N) is 1. The largest absolute Gasteiger partial charge is 0.481 e. The molecule has 4 rings (SSSR count). The summed E-state index contributed by atoms with van der Waals surface area (Å²) in [5.74, 6) is -0.938. The van der Waals surface area contributed by atoms with Crippen LogP contribution in [0.3, 0.4) is 0 Å². The minimum absolute atomic E-state index is 0.105. The Morgan fingerprint density at radius 1 is 0.938 bits per heavy atom. The van der Waals surface area contributed by atoms with Crippen LogP contribution >= 0.6 is 0 Å². The number of aliphatic hydroxyl groups excluding tert-OH is 2. The first-order valence-electron chi connectivity index (χ1n) is 10.9. The van der Waals surface area contributed by atoms with Crippen LogP contribution in [-0.4, -0.2) is 83.6 Å². The number of piperidine rings is 1. The molecule has 2 aromatic rings. The lowest BCUT2D eigenvalue weighted by Crippen LogP contribution is -2.48. The number of carboxylic acids is 1. The van der Waals surface area contributed by atoms with E-state index in [4.69, 9.17) is 9.90 Å². The first kappa shape index (κ1) is 23.7. The van der Waals surface area contributed by atoms with Gasteiger partial charge in [0.1, 0.15) is 0 Å². The number of anilines is 1. The summed E-state index contributed by atoms with van der Waals surface area (Å²) in [5, 5.41) is 30.2.